The second-order valence-corrected chi connectivity index (χ2v) is 7.21. The number of nitrogens with zero attached hydrogens (tertiary/aromatic N) is 5. The lowest BCUT2D eigenvalue weighted by Gasteiger charge is -2.30. The molecule has 0 radical (unpaired) electrons. The van der Waals surface area contributed by atoms with Gasteiger partial charge in [0.05, 0.1) is 18.8 Å². The zero-order valence-electron chi connectivity index (χ0n) is 15.8. The number of halogens is 1. The second-order valence-electron chi connectivity index (χ2n) is 7.21. The molecule has 0 spiro atoms. The van der Waals surface area contributed by atoms with Gasteiger partial charge in [-0.15, -0.1) is 0 Å². The summed E-state index contributed by atoms with van der Waals surface area (Å²) in [4.78, 5) is 14.8. The number of aromatic nitrogens is 4. The van der Waals surface area contributed by atoms with Crippen LogP contribution in [0.4, 0.5) is 4.39 Å². The number of hydrogen-bond donors (Lipinski definition) is 0. The van der Waals surface area contributed by atoms with Crippen molar-refractivity contribution in [2.75, 3.05) is 19.7 Å². The molecule has 0 aliphatic carbocycles. The SMILES string of the molecule is Cc1nc(C)c(F)c(OCC2CCN(Cc3nc(C(C)C)no3)CC2)n1. The fraction of sp³-hybridized carbons (Fsp3) is 0.667. The molecule has 26 heavy (non-hydrogen) atoms. The van der Waals surface area contributed by atoms with Crippen LogP contribution in [0.25, 0.3) is 0 Å². The molecule has 0 amide bonds. The predicted molar refractivity (Wildman–Crippen MR) is 93.3 cm³/mol. The van der Waals surface area contributed by atoms with E-state index in [0.717, 1.165) is 31.8 Å². The molecule has 0 N–H and O–H groups in total. The van der Waals surface area contributed by atoms with Gasteiger partial charge in [-0.05, 0) is 45.7 Å². The van der Waals surface area contributed by atoms with Crippen molar-refractivity contribution in [1.82, 2.24) is 25.0 Å². The van der Waals surface area contributed by atoms with E-state index in [1.54, 1.807) is 13.8 Å². The van der Waals surface area contributed by atoms with Crippen LogP contribution in [0.5, 0.6) is 5.88 Å². The molecule has 1 saturated heterocycles. The first-order chi connectivity index (χ1) is 12.4. The number of likely N-dealkylation sites (tertiary alicyclic amines) is 1. The van der Waals surface area contributed by atoms with Crippen LogP contribution in [0, 0.1) is 25.6 Å². The Morgan fingerprint density at radius 3 is 2.58 bits per heavy atom. The molecule has 1 aliphatic heterocycles. The minimum Gasteiger partial charge on any atom is -0.475 e. The molecule has 2 aromatic rings. The van der Waals surface area contributed by atoms with Gasteiger partial charge in [0.1, 0.15) is 5.82 Å². The predicted octanol–water partition coefficient (Wildman–Crippen LogP) is 3.03. The van der Waals surface area contributed by atoms with Gasteiger partial charge < -0.3 is 9.26 Å². The van der Waals surface area contributed by atoms with Crippen molar-refractivity contribution in [1.29, 1.82) is 0 Å². The third-order valence-corrected chi connectivity index (χ3v) is 4.62. The highest BCUT2D eigenvalue weighted by atomic mass is 19.1. The van der Waals surface area contributed by atoms with Crippen LogP contribution < -0.4 is 4.74 Å². The molecular weight excluding hydrogens is 337 g/mol. The van der Waals surface area contributed by atoms with E-state index in [1.165, 1.54) is 0 Å². The highest BCUT2D eigenvalue weighted by Crippen LogP contribution is 2.22. The van der Waals surface area contributed by atoms with Crippen molar-refractivity contribution in [3.05, 3.63) is 29.1 Å². The Balaban J connectivity index is 1.46. The quantitative estimate of drug-likeness (QED) is 0.780. The Morgan fingerprint density at radius 2 is 1.92 bits per heavy atom. The summed E-state index contributed by atoms with van der Waals surface area (Å²) in [6.07, 6.45) is 1.96. The van der Waals surface area contributed by atoms with Crippen LogP contribution in [-0.2, 0) is 6.54 Å². The van der Waals surface area contributed by atoms with Crippen LogP contribution in [0.1, 0.15) is 55.8 Å². The van der Waals surface area contributed by atoms with E-state index in [0.29, 0.717) is 36.5 Å². The van der Waals surface area contributed by atoms with Crippen LogP contribution in [0.2, 0.25) is 0 Å². The molecule has 0 saturated carbocycles. The molecule has 3 heterocycles. The number of piperidine rings is 1. The molecule has 0 unspecified atom stereocenters. The second kappa shape index (κ2) is 8.07. The van der Waals surface area contributed by atoms with Crippen LogP contribution in [-0.4, -0.2) is 44.7 Å². The summed E-state index contributed by atoms with van der Waals surface area (Å²) in [5.74, 6) is 2.18. The Hall–Kier alpha value is -2.09. The summed E-state index contributed by atoms with van der Waals surface area (Å²) in [6.45, 7) is 10.4. The van der Waals surface area contributed by atoms with E-state index in [9.17, 15) is 4.39 Å². The normalized spacial score (nSPS) is 16.4. The minimum absolute atomic E-state index is 0.0597. The van der Waals surface area contributed by atoms with E-state index in [1.807, 2.05) is 13.8 Å². The number of ether oxygens (including phenoxy) is 1. The van der Waals surface area contributed by atoms with Crippen molar-refractivity contribution in [2.45, 2.75) is 53.0 Å². The first-order valence-corrected chi connectivity index (χ1v) is 9.10. The van der Waals surface area contributed by atoms with Gasteiger partial charge in [-0.25, -0.2) is 4.98 Å². The van der Waals surface area contributed by atoms with Gasteiger partial charge in [-0.3, -0.25) is 4.90 Å². The first kappa shape index (κ1) is 18.7. The third kappa shape index (κ3) is 4.55. The van der Waals surface area contributed by atoms with Gasteiger partial charge in [0.2, 0.25) is 11.7 Å². The summed E-state index contributed by atoms with van der Waals surface area (Å²) >= 11 is 0. The van der Waals surface area contributed by atoms with E-state index in [-0.39, 0.29) is 11.8 Å². The highest BCUT2D eigenvalue weighted by Gasteiger charge is 2.23. The van der Waals surface area contributed by atoms with E-state index < -0.39 is 5.82 Å². The number of rotatable bonds is 6. The fourth-order valence-corrected chi connectivity index (χ4v) is 3.03. The van der Waals surface area contributed by atoms with Crippen LogP contribution in [0.15, 0.2) is 4.52 Å². The van der Waals surface area contributed by atoms with E-state index in [4.69, 9.17) is 9.26 Å². The summed E-state index contributed by atoms with van der Waals surface area (Å²) < 4.78 is 25.0. The summed E-state index contributed by atoms with van der Waals surface area (Å²) in [5.41, 5.74) is 0.322. The number of hydrogen-bond acceptors (Lipinski definition) is 7. The van der Waals surface area contributed by atoms with Crippen molar-refractivity contribution >= 4 is 0 Å². The smallest absolute Gasteiger partial charge is 0.254 e. The average molecular weight is 363 g/mol. The third-order valence-electron chi connectivity index (χ3n) is 4.62. The van der Waals surface area contributed by atoms with Crippen molar-refractivity contribution < 1.29 is 13.7 Å². The standard InChI is InChI=1S/C18H26FN5O2/c1-11(2)17-22-15(26-23-17)9-24-7-5-14(6-8-24)10-25-18-16(19)12(3)20-13(4)21-18/h11,14H,5-10H2,1-4H3. The van der Waals surface area contributed by atoms with Gasteiger partial charge in [0.25, 0.3) is 5.88 Å². The van der Waals surface area contributed by atoms with Crippen molar-refractivity contribution in [2.24, 2.45) is 5.92 Å². The van der Waals surface area contributed by atoms with Crippen LogP contribution >= 0.6 is 0 Å². The molecule has 1 fully saturated rings. The first-order valence-electron chi connectivity index (χ1n) is 9.10. The Kier molecular flexibility index (Phi) is 5.80. The highest BCUT2D eigenvalue weighted by molar-refractivity contribution is 5.18. The molecule has 0 atom stereocenters. The molecule has 142 valence electrons. The monoisotopic (exact) mass is 363 g/mol. The zero-order chi connectivity index (χ0) is 18.7. The summed E-state index contributed by atoms with van der Waals surface area (Å²) in [5, 5.41) is 4.00. The van der Waals surface area contributed by atoms with Crippen molar-refractivity contribution in [3.63, 3.8) is 0 Å². The summed E-state index contributed by atoms with van der Waals surface area (Å²) in [6, 6.07) is 0. The Morgan fingerprint density at radius 1 is 1.19 bits per heavy atom. The van der Waals surface area contributed by atoms with Crippen molar-refractivity contribution in [3.8, 4) is 5.88 Å². The lowest BCUT2D eigenvalue weighted by molar-refractivity contribution is 0.122. The maximum Gasteiger partial charge on any atom is 0.254 e. The van der Waals surface area contributed by atoms with Gasteiger partial charge in [0.15, 0.2) is 5.82 Å². The zero-order valence-corrected chi connectivity index (χ0v) is 15.8. The lowest BCUT2D eigenvalue weighted by Crippen LogP contribution is -2.35. The molecule has 3 rings (SSSR count). The largest absolute Gasteiger partial charge is 0.475 e. The molecule has 2 aromatic heterocycles. The molecule has 8 heteroatoms. The average Bonchev–Trinajstić information content (AvgIpc) is 3.07. The number of aryl methyl sites for hydroxylation is 2. The van der Waals surface area contributed by atoms with Gasteiger partial charge in [0, 0.05) is 5.92 Å². The minimum atomic E-state index is -0.467. The molecular formula is C18H26FN5O2. The van der Waals surface area contributed by atoms with Crippen LogP contribution in [0.3, 0.4) is 0 Å². The van der Waals surface area contributed by atoms with Gasteiger partial charge >= 0.3 is 0 Å². The topological polar surface area (TPSA) is 77.2 Å². The maximum atomic E-state index is 14.0. The fourth-order valence-electron chi connectivity index (χ4n) is 3.03. The summed E-state index contributed by atoms with van der Waals surface area (Å²) in [7, 11) is 0. The van der Waals surface area contributed by atoms with E-state index >= 15 is 0 Å². The Bertz CT molecular complexity index is 741. The molecule has 7 nitrogen and oxygen atoms in total. The Labute approximate surface area is 153 Å². The lowest BCUT2D eigenvalue weighted by atomic mass is 9.98. The maximum absolute atomic E-state index is 14.0. The molecule has 0 bridgehead atoms. The molecule has 0 aromatic carbocycles. The van der Waals surface area contributed by atoms with E-state index in [2.05, 4.69) is 25.0 Å². The molecule has 1 aliphatic rings. The van der Waals surface area contributed by atoms with Gasteiger partial charge in [-0.2, -0.15) is 14.4 Å². The van der Waals surface area contributed by atoms with Gasteiger partial charge in [-0.1, -0.05) is 19.0 Å².